The number of aliphatic hydroxyl groups excluding tert-OH is 1. The summed E-state index contributed by atoms with van der Waals surface area (Å²) in [6, 6.07) is 5.09. The molecule has 0 radical (unpaired) electrons. The number of aromatic nitrogens is 1. The van der Waals surface area contributed by atoms with Gasteiger partial charge in [-0.05, 0) is 12.1 Å². The molecule has 0 spiro atoms. The third kappa shape index (κ3) is 3.18. The fraction of sp³-hybridized carbons (Fsp3) is 0.250. The van der Waals surface area contributed by atoms with Crippen molar-refractivity contribution in [2.75, 3.05) is 6.26 Å². The third-order valence-corrected chi connectivity index (χ3v) is 4.80. The van der Waals surface area contributed by atoms with Crippen molar-refractivity contribution in [1.82, 2.24) is 4.98 Å². The lowest BCUT2D eigenvalue weighted by molar-refractivity contribution is 0.0903. The summed E-state index contributed by atoms with van der Waals surface area (Å²) < 4.78 is 56.6. The molecule has 0 saturated carbocycles. The number of hydrogen-bond donors (Lipinski definition) is 1. The minimum atomic E-state index is -3.79. The topological polar surface area (TPSA) is 100 Å². The number of pyridine rings is 1. The van der Waals surface area contributed by atoms with E-state index in [1.54, 1.807) is 6.07 Å². The van der Waals surface area contributed by atoms with E-state index in [0.29, 0.717) is 0 Å². The van der Waals surface area contributed by atoms with Crippen LogP contribution in [0, 0.1) is 17.1 Å². The predicted octanol–water partition coefficient (Wildman–Crippen LogP) is 2.22. The molecule has 0 aliphatic heterocycles. The Morgan fingerprint density at radius 2 is 2.12 bits per heavy atom. The van der Waals surface area contributed by atoms with E-state index < -0.39 is 33.0 Å². The zero-order valence-corrected chi connectivity index (χ0v) is 13.7. The molecule has 1 heterocycles. The summed E-state index contributed by atoms with van der Waals surface area (Å²) in [6.45, 7) is 0. The summed E-state index contributed by atoms with van der Waals surface area (Å²) in [5.74, 6) is -0.727. The summed E-state index contributed by atoms with van der Waals surface area (Å²) in [7, 11) is -3.79. The zero-order valence-electron chi connectivity index (χ0n) is 12.9. The van der Waals surface area contributed by atoms with Crippen LogP contribution in [0.1, 0.15) is 22.8 Å². The number of rotatable bonds is 3. The number of nitriles is 1. The maximum Gasteiger partial charge on any atom is 0.193 e. The van der Waals surface area contributed by atoms with Gasteiger partial charge in [0, 0.05) is 29.9 Å². The quantitative estimate of drug-likeness (QED) is 0.894. The molecular formula is C16H12F2N2O4S. The number of alkyl halides is 1. The van der Waals surface area contributed by atoms with E-state index in [1.807, 2.05) is 0 Å². The molecule has 1 N–H and O–H groups in total. The lowest BCUT2D eigenvalue weighted by Gasteiger charge is -2.13. The van der Waals surface area contributed by atoms with Gasteiger partial charge in [0.1, 0.15) is 29.6 Å². The summed E-state index contributed by atoms with van der Waals surface area (Å²) >= 11 is 0. The molecule has 1 aliphatic carbocycles. The van der Waals surface area contributed by atoms with Crippen LogP contribution < -0.4 is 4.74 Å². The predicted molar refractivity (Wildman–Crippen MR) is 82.1 cm³/mol. The first-order chi connectivity index (χ1) is 11.7. The minimum Gasteiger partial charge on any atom is -0.455 e. The molecule has 1 aromatic heterocycles. The zero-order chi connectivity index (χ0) is 18.4. The van der Waals surface area contributed by atoms with Crippen LogP contribution in [0.15, 0.2) is 29.4 Å². The summed E-state index contributed by atoms with van der Waals surface area (Å²) in [5, 5.41) is 18.4. The van der Waals surface area contributed by atoms with Crippen LogP contribution in [0.2, 0.25) is 0 Å². The molecule has 6 nitrogen and oxygen atoms in total. The first-order valence-corrected chi connectivity index (χ1v) is 9.02. The highest BCUT2D eigenvalue weighted by atomic mass is 32.2. The van der Waals surface area contributed by atoms with Gasteiger partial charge in [0.05, 0.1) is 17.8 Å². The monoisotopic (exact) mass is 366 g/mol. The van der Waals surface area contributed by atoms with E-state index >= 15 is 0 Å². The van der Waals surface area contributed by atoms with Crippen molar-refractivity contribution in [3.8, 4) is 17.6 Å². The van der Waals surface area contributed by atoms with Gasteiger partial charge in [-0.1, -0.05) is 0 Å². The Morgan fingerprint density at radius 1 is 1.40 bits per heavy atom. The number of nitrogens with zero attached hydrogens (tertiary/aromatic N) is 2. The van der Waals surface area contributed by atoms with Crippen LogP contribution in [0.4, 0.5) is 8.78 Å². The van der Waals surface area contributed by atoms with Crippen LogP contribution in [0.3, 0.4) is 0 Å². The van der Waals surface area contributed by atoms with Gasteiger partial charge < -0.3 is 9.84 Å². The van der Waals surface area contributed by atoms with Crippen molar-refractivity contribution in [3.63, 3.8) is 0 Å². The highest BCUT2D eigenvalue weighted by molar-refractivity contribution is 7.90. The Hall–Kier alpha value is -2.57. The summed E-state index contributed by atoms with van der Waals surface area (Å²) in [6.07, 6.45) is -1.63. The summed E-state index contributed by atoms with van der Waals surface area (Å²) in [4.78, 5) is 3.77. The van der Waals surface area contributed by atoms with Crippen LogP contribution in [0.5, 0.6) is 11.5 Å². The number of benzene rings is 1. The molecule has 1 aliphatic rings. The molecule has 0 unspecified atom stereocenters. The minimum absolute atomic E-state index is 0.00362. The average Bonchev–Trinajstić information content (AvgIpc) is 2.82. The van der Waals surface area contributed by atoms with Crippen molar-refractivity contribution in [2.45, 2.75) is 23.7 Å². The molecule has 1 aromatic carbocycles. The maximum atomic E-state index is 13.9. The van der Waals surface area contributed by atoms with E-state index in [1.165, 1.54) is 6.07 Å². The van der Waals surface area contributed by atoms with Gasteiger partial charge >= 0.3 is 0 Å². The van der Waals surface area contributed by atoms with Gasteiger partial charge in [-0.2, -0.15) is 5.26 Å². The van der Waals surface area contributed by atoms with E-state index in [0.717, 1.165) is 24.6 Å². The number of aliphatic hydroxyl groups is 1. The molecular weight excluding hydrogens is 354 g/mol. The molecule has 2 atom stereocenters. The SMILES string of the molecule is CS(=O)(=O)c1ncc(Oc2cc(F)cc(C#N)c2)c2c1[C@H](O)[C@H](F)C2. The van der Waals surface area contributed by atoms with Crippen LogP contribution in [-0.4, -0.2) is 30.9 Å². The number of fused-ring (bicyclic) bond motifs is 1. The molecule has 25 heavy (non-hydrogen) atoms. The molecule has 9 heteroatoms. The lowest BCUT2D eigenvalue weighted by Crippen LogP contribution is -2.11. The van der Waals surface area contributed by atoms with Crippen molar-refractivity contribution >= 4 is 9.84 Å². The van der Waals surface area contributed by atoms with E-state index in [2.05, 4.69) is 4.98 Å². The molecule has 0 bridgehead atoms. The molecule has 130 valence electrons. The Balaban J connectivity index is 2.11. The fourth-order valence-electron chi connectivity index (χ4n) is 2.73. The van der Waals surface area contributed by atoms with Gasteiger partial charge in [0.2, 0.25) is 0 Å². The van der Waals surface area contributed by atoms with Gasteiger partial charge in [0.15, 0.2) is 14.9 Å². The molecule has 0 amide bonds. The molecule has 0 saturated heterocycles. The van der Waals surface area contributed by atoms with Crippen LogP contribution >= 0.6 is 0 Å². The number of hydrogen-bond acceptors (Lipinski definition) is 6. The number of ether oxygens (including phenoxy) is 1. The number of sulfone groups is 1. The first kappa shape index (κ1) is 17.3. The van der Waals surface area contributed by atoms with Gasteiger partial charge in [-0.25, -0.2) is 22.2 Å². The summed E-state index contributed by atoms with van der Waals surface area (Å²) in [5.41, 5.74) is 0.0263. The smallest absolute Gasteiger partial charge is 0.193 e. The Labute approximate surface area is 142 Å². The highest BCUT2D eigenvalue weighted by Gasteiger charge is 2.38. The van der Waals surface area contributed by atoms with Gasteiger partial charge in [0.25, 0.3) is 0 Å². The van der Waals surface area contributed by atoms with Crippen molar-refractivity contribution < 1.29 is 27.0 Å². The second kappa shape index (κ2) is 6.06. The average molecular weight is 366 g/mol. The fourth-order valence-corrected chi connectivity index (χ4v) is 3.61. The number of halogens is 2. The van der Waals surface area contributed by atoms with Crippen LogP contribution in [0.25, 0.3) is 0 Å². The lowest BCUT2D eigenvalue weighted by atomic mass is 10.1. The van der Waals surface area contributed by atoms with Crippen molar-refractivity contribution in [3.05, 3.63) is 46.9 Å². The Kier molecular flexibility index (Phi) is 4.18. The van der Waals surface area contributed by atoms with E-state index in [4.69, 9.17) is 10.00 Å². The van der Waals surface area contributed by atoms with Crippen molar-refractivity contribution in [2.24, 2.45) is 0 Å². The molecule has 3 rings (SSSR count). The standard InChI is InChI=1S/C16H12F2N2O4S/c1-25(22,23)16-14-11(5-12(18)15(14)21)13(7-20-16)24-10-3-8(6-19)2-9(17)4-10/h2-4,7,12,15,21H,5H2,1H3/t12-,15-/m1/s1. The molecule has 2 aromatic rings. The van der Waals surface area contributed by atoms with Gasteiger partial charge in [-0.3, -0.25) is 0 Å². The van der Waals surface area contributed by atoms with E-state index in [9.17, 15) is 22.3 Å². The second-order valence-electron chi connectivity index (χ2n) is 5.65. The Bertz CT molecular complexity index is 1000. The second-order valence-corrected chi connectivity index (χ2v) is 7.58. The van der Waals surface area contributed by atoms with E-state index in [-0.39, 0.29) is 34.6 Å². The van der Waals surface area contributed by atoms with Gasteiger partial charge in [-0.15, -0.1) is 0 Å². The highest BCUT2D eigenvalue weighted by Crippen LogP contribution is 2.42. The first-order valence-electron chi connectivity index (χ1n) is 7.13. The maximum absolute atomic E-state index is 13.9. The van der Waals surface area contributed by atoms with Crippen LogP contribution in [-0.2, 0) is 16.3 Å². The third-order valence-electron chi connectivity index (χ3n) is 3.77. The largest absolute Gasteiger partial charge is 0.455 e. The Morgan fingerprint density at radius 3 is 2.76 bits per heavy atom. The molecule has 0 fully saturated rings. The normalized spacial score (nSPS) is 19.3. The van der Waals surface area contributed by atoms with Crippen molar-refractivity contribution in [1.29, 1.82) is 5.26 Å².